The van der Waals surface area contributed by atoms with Crippen molar-refractivity contribution in [3.8, 4) is 0 Å². The van der Waals surface area contributed by atoms with Gasteiger partial charge in [-0.1, -0.05) is 65.3 Å². The van der Waals surface area contributed by atoms with Gasteiger partial charge in [0.1, 0.15) is 16.8 Å². The van der Waals surface area contributed by atoms with E-state index in [1.165, 1.54) is 19.3 Å². The van der Waals surface area contributed by atoms with Crippen molar-refractivity contribution < 1.29 is 43.2 Å². The molecule has 1 heterocycles. The number of cyclic esters (lactones) is 1. The summed E-state index contributed by atoms with van der Waals surface area (Å²) in [6, 6.07) is 0. The van der Waals surface area contributed by atoms with Gasteiger partial charge in [-0.15, -0.1) is 0 Å². The molecule has 0 radical (unpaired) electrons. The first kappa shape index (κ1) is 56.9. The molecule has 9 heteroatoms. The van der Waals surface area contributed by atoms with E-state index >= 15 is 4.79 Å². The maximum atomic E-state index is 15.1. The lowest BCUT2D eigenvalue weighted by atomic mass is 9.44. The quantitative estimate of drug-likeness (QED) is 0.134. The first-order chi connectivity index (χ1) is 25.4. The second-order valence-corrected chi connectivity index (χ2v) is 22.7. The Labute approximate surface area is 374 Å². The Balaban J connectivity index is 0.00000310. The van der Waals surface area contributed by atoms with Crippen LogP contribution >= 0.6 is 0 Å². The summed E-state index contributed by atoms with van der Waals surface area (Å²) in [7, 11) is 0. The van der Waals surface area contributed by atoms with Gasteiger partial charge in [0, 0.05) is 18.3 Å². The number of carbonyl (C=O) groups excluding carboxylic acids is 4. The number of hydrogen-bond donors (Lipinski definition) is 1. The molecule has 8 aliphatic carbocycles. The Morgan fingerprint density at radius 3 is 1.51 bits per heavy atom. The fourth-order valence-electron chi connectivity index (χ4n) is 14.9. The molecule has 5 atom stereocenters. The first-order valence-electron chi connectivity index (χ1n) is 22.0. The molecule has 9 aliphatic rings. The van der Waals surface area contributed by atoms with Gasteiger partial charge in [0.25, 0.3) is 0 Å². The number of rotatable bonds is 14. The highest BCUT2D eigenvalue weighted by Crippen LogP contribution is 2.66. The van der Waals surface area contributed by atoms with Crippen LogP contribution in [0.2, 0.25) is 0 Å². The second-order valence-electron chi connectivity index (χ2n) is 22.7. The van der Waals surface area contributed by atoms with Crippen molar-refractivity contribution in [2.45, 2.75) is 257 Å². The molecule has 0 spiro atoms. The maximum Gasteiger partial charge on any atom is 0.351 e. The van der Waals surface area contributed by atoms with E-state index in [2.05, 4.69) is 13.8 Å². The van der Waals surface area contributed by atoms with E-state index in [0.29, 0.717) is 42.4 Å². The van der Waals surface area contributed by atoms with Crippen molar-refractivity contribution in [2.75, 3.05) is 0 Å². The topological polar surface area (TPSA) is 125 Å². The molecule has 0 aromatic rings. The smallest absolute Gasteiger partial charge is 0.351 e. The van der Waals surface area contributed by atoms with Crippen molar-refractivity contribution in [1.29, 1.82) is 0 Å². The molecule has 9 fully saturated rings. The van der Waals surface area contributed by atoms with Crippen LogP contribution in [0.3, 0.4) is 0 Å². The normalized spacial score (nSPS) is 36.6. The fourth-order valence-corrected chi connectivity index (χ4v) is 14.9. The SMILES string of the molecule is C.C.C.C.C.C.CCC(C)(CC(C)(CC(C)(C)C(=O)OC1(C)CC(C)(C)OC1=O)C(=O)OC12CC3CC(CC(O)(C3)C1)C2)C(=O)OC(CC)(CC)C12CC3CC(CC(C3)C1)C2. The third-order valence-corrected chi connectivity index (χ3v) is 16.5. The van der Waals surface area contributed by atoms with Gasteiger partial charge in [0.05, 0.1) is 21.8 Å². The molecule has 1 aliphatic heterocycles. The van der Waals surface area contributed by atoms with Gasteiger partial charge in [-0.25, -0.2) is 4.79 Å². The molecule has 358 valence electrons. The van der Waals surface area contributed by atoms with Crippen LogP contribution in [-0.2, 0) is 38.1 Å². The van der Waals surface area contributed by atoms with Gasteiger partial charge >= 0.3 is 23.9 Å². The van der Waals surface area contributed by atoms with Crippen LogP contribution in [0.1, 0.15) is 229 Å². The summed E-state index contributed by atoms with van der Waals surface area (Å²) in [6.45, 7) is 18.8. The van der Waals surface area contributed by atoms with Crippen molar-refractivity contribution in [3.05, 3.63) is 0 Å². The largest absolute Gasteiger partial charge is 0.459 e. The van der Waals surface area contributed by atoms with E-state index in [1.807, 2.05) is 20.8 Å². The molecular formula is C52H96O9. The van der Waals surface area contributed by atoms with E-state index in [-0.39, 0.29) is 75.2 Å². The Kier molecular flexibility index (Phi) is 17.1. The monoisotopic (exact) mass is 865 g/mol. The van der Waals surface area contributed by atoms with Gasteiger partial charge in [-0.05, 0) is 181 Å². The molecule has 8 saturated carbocycles. The predicted molar refractivity (Wildman–Crippen MR) is 248 cm³/mol. The van der Waals surface area contributed by atoms with Gasteiger partial charge in [-0.3, -0.25) is 14.4 Å². The highest BCUT2D eigenvalue weighted by atomic mass is 16.6. The zero-order chi connectivity index (χ0) is 40.3. The number of aliphatic hydroxyl groups is 1. The Morgan fingerprint density at radius 1 is 0.623 bits per heavy atom. The second kappa shape index (κ2) is 18.4. The van der Waals surface area contributed by atoms with E-state index in [4.69, 9.17) is 18.9 Å². The highest BCUT2D eigenvalue weighted by molar-refractivity contribution is 5.87. The molecule has 0 aromatic heterocycles. The highest BCUT2D eigenvalue weighted by Gasteiger charge is 2.64. The Morgan fingerprint density at radius 2 is 1.10 bits per heavy atom. The zero-order valence-corrected chi connectivity index (χ0v) is 35.8. The number of ether oxygens (including phenoxy) is 4. The minimum Gasteiger partial charge on any atom is -0.459 e. The molecule has 1 N–H and O–H groups in total. The minimum atomic E-state index is -1.45. The van der Waals surface area contributed by atoms with E-state index in [1.54, 1.807) is 34.6 Å². The standard InChI is InChI=1S/C46H72O9.6CH4/c1-11-40(8,35(48)55-46(12-2,13-3)43-18-29-14-30(19-43)16-31(15-29)20-43)27-41(9,25-38(4,5)34(47)53-42(10)26-39(6,7)52-37(42)50)36(49)54-45-23-32-17-33(24-45)22-44(51,21-32)28-45;;;;;;/h29-33,51H,11-28H2,1-10H3;6*1H4. The van der Waals surface area contributed by atoms with Crippen molar-refractivity contribution >= 4 is 23.9 Å². The van der Waals surface area contributed by atoms with Crippen molar-refractivity contribution in [2.24, 2.45) is 51.2 Å². The van der Waals surface area contributed by atoms with Crippen LogP contribution in [0, 0.1) is 51.2 Å². The van der Waals surface area contributed by atoms with Gasteiger partial charge < -0.3 is 24.1 Å². The summed E-state index contributed by atoms with van der Waals surface area (Å²) in [5.74, 6) is 0.838. The third-order valence-electron chi connectivity index (χ3n) is 16.5. The Bertz CT molecular complexity index is 1520. The number of hydrogen-bond acceptors (Lipinski definition) is 9. The van der Waals surface area contributed by atoms with E-state index in [9.17, 15) is 19.5 Å². The lowest BCUT2D eigenvalue weighted by Crippen LogP contribution is -2.61. The van der Waals surface area contributed by atoms with Crippen molar-refractivity contribution in [3.63, 3.8) is 0 Å². The molecule has 61 heavy (non-hydrogen) atoms. The van der Waals surface area contributed by atoms with Crippen LogP contribution in [0.4, 0.5) is 0 Å². The first-order valence-corrected chi connectivity index (χ1v) is 22.0. The zero-order valence-electron chi connectivity index (χ0n) is 35.8. The summed E-state index contributed by atoms with van der Waals surface area (Å²) >= 11 is 0. The molecule has 1 saturated heterocycles. The third kappa shape index (κ3) is 9.92. The molecule has 0 aromatic carbocycles. The molecular weight excluding hydrogens is 769 g/mol. The summed E-state index contributed by atoms with van der Waals surface area (Å²) in [5.41, 5.74) is -8.03. The summed E-state index contributed by atoms with van der Waals surface area (Å²) in [4.78, 5) is 57.2. The summed E-state index contributed by atoms with van der Waals surface area (Å²) in [6.07, 6.45) is 14.0. The lowest BCUT2D eigenvalue weighted by molar-refractivity contribution is -0.230. The average molecular weight is 865 g/mol. The summed E-state index contributed by atoms with van der Waals surface area (Å²) in [5, 5.41) is 11.5. The average Bonchev–Trinajstić information content (AvgIpc) is 3.25. The van der Waals surface area contributed by atoms with Gasteiger partial charge in [-0.2, -0.15) is 0 Å². The van der Waals surface area contributed by atoms with Crippen LogP contribution in [0.25, 0.3) is 0 Å². The minimum absolute atomic E-state index is 0. The molecule has 0 amide bonds. The van der Waals surface area contributed by atoms with Crippen LogP contribution in [0.5, 0.6) is 0 Å². The van der Waals surface area contributed by atoms with E-state index < -0.39 is 62.2 Å². The molecule has 5 unspecified atom stereocenters. The predicted octanol–water partition coefficient (Wildman–Crippen LogP) is 13.0. The number of esters is 4. The van der Waals surface area contributed by atoms with Crippen LogP contribution in [-0.4, -0.2) is 57.0 Å². The van der Waals surface area contributed by atoms with Crippen LogP contribution < -0.4 is 0 Å². The Hall–Kier alpha value is -2.16. The summed E-state index contributed by atoms with van der Waals surface area (Å²) < 4.78 is 25.2. The maximum absolute atomic E-state index is 15.1. The molecule has 9 nitrogen and oxygen atoms in total. The van der Waals surface area contributed by atoms with Gasteiger partial charge in [0.2, 0.25) is 5.60 Å². The van der Waals surface area contributed by atoms with Crippen LogP contribution in [0.15, 0.2) is 0 Å². The molecule has 9 rings (SSSR count). The molecule has 8 bridgehead atoms. The van der Waals surface area contributed by atoms with Crippen molar-refractivity contribution in [1.82, 2.24) is 0 Å². The van der Waals surface area contributed by atoms with E-state index in [0.717, 1.165) is 64.2 Å². The number of carbonyl (C=O) groups is 4. The fraction of sp³-hybridized carbons (Fsp3) is 0.923. The lowest BCUT2D eigenvalue weighted by Gasteiger charge is -2.63. The van der Waals surface area contributed by atoms with Gasteiger partial charge in [0.15, 0.2) is 0 Å².